The van der Waals surface area contributed by atoms with Crippen molar-refractivity contribution in [3.8, 4) is 17.2 Å². The highest BCUT2D eigenvalue weighted by atomic mass is 16.5. The second kappa shape index (κ2) is 7.65. The van der Waals surface area contributed by atoms with Gasteiger partial charge in [0.15, 0.2) is 5.78 Å². The molecule has 2 aromatic rings. The molecule has 1 unspecified atom stereocenters. The number of benzene rings is 2. The maximum atomic E-state index is 13.3. The fourth-order valence-electron chi connectivity index (χ4n) is 5.12. The molecule has 7 heteroatoms. The molecule has 0 saturated heterocycles. The molecule has 2 aromatic carbocycles. The molecule has 3 aliphatic carbocycles. The van der Waals surface area contributed by atoms with Crippen molar-refractivity contribution in [2.45, 2.75) is 38.5 Å². The van der Waals surface area contributed by atoms with Crippen LogP contribution >= 0.6 is 0 Å². The lowest BCUT2D eigenvalue weighted by atomic mass is 9.75. The molecule has 0 spiro atoms. The van der Waals surface area contributed by atoms with Crippen LogP contribution < -0.4 is 10.1 Å². The van der Waals surface area contributed by atoms with Crippen LogP contribution in [0.15, 0.2) is 18.2 Å². The van der Waals surface area contributed by atoms with E-state index in [4.69, 9.17) is 4.74 Å². The predicted octanol–water partition coefficient (Wildman–Crippen LogP) is 2.90. The molecule has 1 saturated carbocycles. The number of methoxy groups -OCH3 is 1. The number of nitrogens with one attached hydrogen (secondary N) is 1. The number of hydrogen-bond donors (Lipinski definition) is 3. The Morgan fingerprint density at radius 3 is 2.44 bits per heavy atom. The zero-order chi connectivity index (χ0) is 22.6. The van der Waals surface area contributed by atoms with Gasteiger partial charge in [-0.15, -0.1) is 0 Å². The van der Waals surface area contributed by atoms with Crippen molar-refractivity contribution in [1.29, 1.82) is 0 Å². The van der Waals surface area contributed by atoms with Gasteiger partial charge < -0.3 is 20.3 Å². The number of amides is 1. The Morgan fingerprint density at radius 1 is 1.03 bits per heavy atom. The molecule has 1 atom stereocenters. The van der Waals surface area contributed by atoms with E-state index >= 15 is 0 Å². The minimum atomic E-state index is -0.553. The van der Waals surface area contributed by atoms with Crippen molar-refractivity contribution >= 4 is 17.5 Å². The summed E-state index contributed by atoms with van der Waals surface area (Å²) in [6.07, 6.45) is 4.53. The quantitative estimate of drug-likeness (QED) is 0.543. The summed E-state index contributed by atoms with van der Waals surface area (Å²) in [5, 5.41) is 25.1. The van der Waals surface area contributed by atoms with Crippen molar-refractivity contribution in [1.82, 2.24) is 5.32 Å². The van der Waals surface area contributed by atoms with E-state index in [1.807, 2.05) is 0 Å². The van der Waals surface area contributed by atoms with Gasteiger partial charge in [0.1, 0.15) is 17.2 Å². The molecule has 32 heavy (non-hydrogen) atoms. The number of ether oxygens (including phenoxy) is 1. The second-order valence-electron chi connectivity index (χ2n) is 8.93. The van der Waals surface area contributed by atoms with Crippen molar-refractivity contribution in [3.63, 3.8) is 0 Å². The number of phenolic OH excluding ortho intramolecular Hbond substituents is 2. The van der Waals surface area contributed by atoms with E-state index in [1.54, 1.807) is 12.1 Å². The average Bonchev–Trinajstić information content (AvgIpc) is 2.77. The summed E-state index contributed by atoms with van der Waals surface area (Å²) in [5.74, 6) is -1.33. The smallest absolute Gasteiger partial charge is 0.223 e. The number of hydrogen-bond acceptors (Lipinski definition) is 6. The SMILES string of the molecule is COc1cccc2c1C(=O)c1c(O)c3c(c(O)c1C2=O)CC(C(=O)NCC1CCC1)CC3. The normalized spacial score (nSPS) is 19.5. The average molecular weight is 435 g/mol. The van der Waals surface area contributed by atoms with E-state index in [2.05, 4.69) is 5.32 Å². The van der Waals surface area contributed by atoms with Gasteiger partial charge in [-0.25, -0.2) is 0 Å². The maximum Gasteiger partial charge on any atom is 0.223 e. The molecule has 0 aromatic heterocycles. The summed E-state index contributed by atoms with van der Waals surface area (Å²) in [6, 6.07) is 4.69. The van der Waals surface area contributed by atoms with Gasteiger partial charge in [-0.1, -0.05) is 18.6 Å². The third-order valence-corrected chi connectivity index (χ3v) is 7.19. The summed E-state index contributed by atoms with van der Waals surface area (Å²) >= 11 is 0. The van der Waals surface area contributed by atoms with E-state index in [0.717, 1.165) is 12.8 Å². The van der Waals surface area contributed by atoms with Crippen LogP contribution in [0.1, 0.15) is 68.7 Å². The van der Waals surface area contributed by atoms with Crippen molar-refractivity contribution < 1.29 is 29.3 Å². The molecule has 0 radical (unpaired) electrons. The van der Waals surface area contributed by atoms with Crippen molar-refractivity contribution in [3.05, 3.63) is 51.6 Å². The molecule has 0 bridgehead atoms. The maximum absolute atomic E-state index is 13.3. The van der Waals surface area contributed by atoms with E-state index in [-0.39, 0.29) is 57.7 Å². The Bertz CT molecular complexity index is 1160. The summed E-state index contributed by atoms with van der Waals surface area (Å²) < 4.78 is 5.26. The lowest BCUT2D eigenvalue weighted by molar-refractivity contribution is -0.125. The number of phenols is 2. The van der Waals surface area contributed by atoms with Gasteiger partial charge in [0.25, 0.3) is 0 Å². The van der Waals surface area contributed by atoms with Crippen LogP contribution in [-0.2, 0) is 17.6 Å². The van der Waals surface area contributed by atoms with E-state index in [0.29, 0.717) is 36.4 Å². The molecule has 5 rings (SSSR count). The highest BCUT2D eigenvalue weighted by Crippen LogP contribution is 2.47. The number of carbonyl (C=O) groups is 3. The highest BCUT2D eigenvalue weighted by Gasteiger charge is 2.41. The molecule has 7 nitrogen and oxygen atoms in total. The zero-order valence-electron chi connectivity index (χ0n) is 17.9. The fourth-order valence-corrected chi connectivity index (χ4v) is 5.12. The Kier molecular flexibility index (Phi) is 4.92. The summed E-state index contributed by atoms with van der Waals surface area (Å²) in [4.78, 5) is 39.2. The summed E-state index contributed by atoms with van der Waals surface area (Å²) in [7, 11) is 1.41. The molecule has 0 heterocycles. The number of carbonyl (C=O) groups excluding carboxylic acids is 3. The Balaban J connectivity index is 1.52. The lowest BCUT2D eigenvalue weighted by Gasteiger charge is -2.30. The van der Waals surface area contributed by atoms with Gasteiger partial charge in [0, 0.05) is 29.2 Å². The van der Waals surface area contributed by atoms with E-state index in [9.17, 15) is 24.6 Å². The van der Waals surface area contributed by atoms with Gasteiger partial charge >= 0.3 is 0 Å². The summed E-state index contributed by atoms with van der Waals surface area (Å²) in [6.45, 7) is 0.662. The number of rotatable bonds is 4. The Morgan fingerprint density at radius 2 is 1.75 bits per heavy atom. The number of aromatic hydroxyl groups is 2. The topological polar surface area (TPSA) is 113 Å². The molecule has 1 amide bonds. The molecular formula is C25H25NO6. The van der Waals surface area contributed by atoms with Crippen LogP contribution in [0.2, 0.25) is 0 Å². The van der Waals surface area contributed by atoms with Crippen LogP contribution in [0, 0.1) is 11.8 Å². The largest absolute Gasteiger partial charge is 0.507 e. The van der Waals surface area contributed by atoms with E-state index < -0.39 is 11.6 Å². The predicted molar refractivity (Wildman–Crippen MR) is 115 cm³/mol. The Labute approximate surface area is 185 Å². The first kappa shape index (κ1) is 20.5. The van der Waals surface area contributed by atoms with Crippen LogP contribution in [0.25, 0.3) is 0 Å². The van der Waals surface area contributed by atoms with Crippen molar-refractivity contribution in [2.75, 3.05) is 13.7 Å². The molecule has 1 fully saturated rings. The molecular weight excluding hydrogens is 410 g/mol. The first-order valence-corrected chi connectivity index (χ1v) is 11.1. The van der Waals surface area contributed by atoms with E-state index in [1.165, 1.54) is 19.6 Å². The first-order valence-electron chi connectivity index (χ1n) is 11.1. The Hall–Kier alpha value is -3.35. The van der Waals surface area contributed by atoms with Gasteiger partial charge in [0.05, 0.1) is 23.8 Å². The molecule has 3 N–H and O–H groups in total. The second-order valence-corrected chi connectivity index (χ2v) is 8.93. The highest BCUT2D eigenvalue weighted by molar-refractivity contribution is 6.31. The standard InChI is InChI=1S/C25H25NO6/c1-32-17-7-3-6-15-18(17)24(30)20-19(22(15)28)23(29)16-10-13(8-9-14(16)21(20)27)25(31)26-11-12-4-2-5-12/h3,6-7,12-13,27,29H,2,4-5,8-11H2,1H3,(H,26,31). The minimum Gasteiger partial charge on any atom is -0.507 e. The van der Waals surface area contributed by atoms with Gasteiger partial charge in [-0.05, 0) is 44.1 Å². The monoisotopic (exact) mass is 435 g/mol. The molecule has 166 valence electrons. The third-order valence-electron chi connectivity index (χ3n) is 7.19. The van der Waals surface area contributed by atoms with Crippen LogP contribution in [0.5, 0.6) is 17.2 Å². The van der Waals surface area contributed by atoms with Crippen molar-refractivity contribution in [2.24, 2.45) is 11.8 Å². The lowest BCUT2D eigenvalue weighted by Crippen LogP contribution is -2.38. The number of fused-ring (bicyclic) bond motifs is 3. The fraction of sp³-hybridized carbons (Fsp3) is 0.400. The number of ketones is 2. The van der Waals surface area contributed by atoms with Crippen LogP contribution in [0.4, 0.5) is 0 Å². The molecule has 0 aliphatic heterocycles. The summed E-state index contributed by atoms with van der Waals surface area (Å²) in [5.41, 5.74) is 0.652. The minimum absolute atomic E-state index is 0.0726. The van der Waals surface area contributed by atoms with Gasteiger partial charge in [0.2, 0.25) is 11.7 Å². The van der Waals surface area contributed by atoms with Crippen LogP contribution in [0.3, 0.4) is 0 Å². The van der Waals surface area contributed by atoms with Gasteiger partial charge in [-0.2, -0.15) is 0 Å². The third kappa shape index (κ3) is 2.98. The van der Waals surface area contributed by atoms with Gasteiger partial charge in [-0.3, -0.25) is 14.4 Å². The zero-order valence-corrected chi connectivity index (χ0v) is 17.9. The molecule has 3 aliphatic rings. The van der Waals surface area contributed by atoms with Crippen LogP contribution in [-0.4, -0.2) is 41.3 Å². The first-order chi connectivity index (χ1) is 15.4.